The zero-order valence-corrected chi connectivity index (χ0v) is 14.9. The van der Waals surface area contributed by atoms with Gasteiger partial charge in [-0.3, -0.25) is 0 Å². The number of piperidine rings is 1. The Morgan fingerprint density at radius 1 is 1.12 bits per heavy atom. The summed E-state index contributed by atoms with van der Waals surface area (Å²) in [4.78, 5) is 4.70. The Hall–Kier alpha value is -1.92. The van der Waals surface area contributed by atoms with Crippen molar-refractivity contribution in [2.24, 2.45) is 0 Å². The van der Waals surface area contributed by atoms with E-state index in [1.165, 1.54) is 0 Å². The minimum Gasteiger partial charge on any atom is -0.373 e. The van der Waals surface area contributed by atoms with Crippen molar-refractivity contribution in [1.82, 2.24) is 9.29 Å². The predicted molar refractivity (Wildman–Crippen MR) is 95.4 cm³/mol. The smallest absolute Gasteiger partial charge is 0.243 e. The number of nitrogens with zero attached hydrogens (tertiary/aromatic N) is 2. The molecule has 1 aliphatic rings. The molecule has 1 N–H and O–H groups in total. The van der Waals surface area contributed by atoms with Crippen LogP contribution < -0.4 is 5.32 Å². The molecule has 6 heteroatoms. The van der Waals surface area contributed by atoms with Crippen molar-refractivity contribution in [2.45, 2.75) is 37.1 Å². The molecule has 0 spiro atoms. The van der Waals surface area contributed by atoms with Crippen molar-refractivity contribution < 1.29 is 8.42 Å². The molecule has 0 saturated carbocycles. The highest BCUT2D eigenvalue weighted by Crippen LogP contribution is 2.35. The topological polar surface area (TPSA) is 62.3 Å². The van der Waals surface area contributed by atoms with E-state index in [1.54, 1.807) is 22.6 Å². The molecule has 1 fully saturated rings. The van der Waals surface area contributed by atoms with Gasteiger partial charge in [0.25, 0.3) is 0 Å². The number of rotatable bonds is 4. The van der Waals surface area contributed by atoms with E-state index in [9.17, 15) is 8.42 Å². The molecule has 0 radical (unpaired) electrons. The standard InChI is InChI=1S/C18H23N3O2S/c1-14-6-9-16(10-7-14)24(22,23)21-12-4-3-5-17(21)15-8-11-18(19-2)20-13-15/h6-11,13,17H,3-5,12H2,1-2H3,(H,19,20)/t17-/m1/s1. The monoisotopic (exact) mass is 345 g/mol. The van der Waals surface area contributed by atoms with Crippen molar-refractivity contribution >= 4 is 15.8 Å². The Labute approximate surface area is 143 Å². The van der Waals surface area contributed by atoms with Crippen molar-refractivity contribution in [3.05, 3.63) is 53.7 Å². The van der Waals surface area contributed by atoms with Gasteiger partial charge in [0.15, 0.2) is 0 Å². The quantitative estimate of drug-likeness (QED) is 0.923. The highest BCUT2D eigenvalue weighted by molar-refractivity contribution is 7.89. The van der Waals surface area contributed by atoms with Gasteiger partial charge in [0.05, 0.1) is 10.9 Å². The molecule has 1 aromatic carbocycles. The van der Waals surface area contributed by atoms with Crippen molar-refractivity contribution in [1.29, 1.82) is 0 Å². The van der Waals surface area contributed by atoms with Crippen molar-refractivity contribution in [3.8, 4) is 0 Å². The molecular formula is C18H23N3O2S. The van der Waals surface area contributed by atoms with Gasteiger partial charge in [0, 0.05) is 19.8 Å². The molecule has 0 aliphatic carbocycles. The lowest BCUT2D eigenvalue weighted by Gasteiger charge is -2.34. The number of anilines is 1. The average Bonchev–Trinajstić information content (AvgIpc) is 2.62. The third kappa shape index (κ3) is 3.30. The largest absolute Gasteiger partial charge is 0.373 e. The molecule has 1 saturated heterocycles. The second-order valence-corrected chi connectivity index (χ2v) is 8.06. The summed E-state index contributed by atoms with van der Waals surface area (Å²) in [5.74, 6) is 0.780. The summed E-state index contributed by atoms with van der Waals surface area (Å²) in [7, 11) is -1.69. The van der Waals surface area contributed by atoms with Crippen LogP contribution in [-0.4, -0.2) is 31.3 Å². The molecule has 2 heterocycles. The molecule has 1 aliphatic heterocycles. The van der Waals surface area contributed by atoms with E-state index >= 15 is 0 Å². The Morgan fingerprint density at radius 3 is 2.50 bits per heavy atom. The zero-order valence-electron chi connectivity index (χ0n) is 14.1. The first-order chi connectivity index (χ1) is 11.5. The molecule has 3 rings (SSSR count). The molecule has 0 unspecified atom stereocenters. The van der Waals surface area contributed by atoms with Gasteiger partial charge in [-0.25, -0.2) is 13.4 Å². The van der Waals surface area contributed by atoms with E-state index in [4.69, 9.17) is 0 Å². The first-order valence-corrected chi connectivity index (χ1v) is 9.68. The van der Waals surface area contributed by atoms with Crippen LogP contribution in [0.3, 0.4) is 0 Å². The van der Waals surface area contributed by atoms with Crippen LogP contribution in [0.25, 0.3) is 0 Å². The second-order valence-electron chi connectivity index (χ2n) is 6.17. The molecule has 0 amide bonds. The van der Waals surface area contributed by atoms with Crippen LogP contribution in [0.15, 0.2) is 47.5 Å². The van der Waals surface area contributed by atoms with Crippen LogP contribution >= 0.6 is 0 Å². The van der Waals surface area contributed by atoms with Gasteiger partial charge < -0.3 is 5.32 Å². The maximum atomic E-state index is 13.1. The number of aromatic nitrogens is 1. The van der Waals surface area contributed by atoms with Gasteiger partial charge in [0.2, 0.25) is 10.0 Å². The summed E-state index contributed by atoms with van der Waals surface area (Å²) in [6.45, 7) is 2.50. The third-order valence-corrected chi connectivity index (χ3v) is 6.43. The summed E-state index contributed by atoms with van der Waals surface area (Å²) in [5.41, 5.74) is 2.00. The minimum atomic E-state index is -3.50. The average molecular weight is 345 g/mol. The van der Waals surface area contributed by atoms with Gasteiger partial charge in [-0.05, 0) is 43.5 Å². The first-order valence-electron chi connectivity index (χ1n) is 8.24. The third-order valence-electron chi connectivity index (χ3n) is 4.51. The van der Waals surface area contributed by atoms with Crippen molar-refractivity contribution in [2.75, 3.05) is 18.9 Å². The molecule has 5 nitrogen and oxygen atoms in total. The maximum Gasteiger partial charge on any atom is 0.243 e. The number of sulfonamides is 1. The van der Waals surface area contributed by atoms with Crippen LogP contribution in [0.1, 0.15) is 36.4 Å². The van der Waals surface area contributed by atoms with E-state index in [-0.39, 0.29) is 6.04 Å². The first kappa shape index (κ1) is 16.9. The second kappa shape index (κ2) is 6.91. The van der Waals surface area contributed by atoms with E-state index in [0.717, 1.165) is 36.2 Å². The van der Waals surface area contributed by atoms with Crippen LogP contribution in [-0.2, 0) is 10.0 Å². The van der Waals surface area contributed by atoms with Crippen LogP contribution in [0.2, 0.25) is 0 Å². The van der Waals surface area contributed by atoms with Gasteiger partial charge >= 0.3 is 0 Å². The maximum absolute atomic E-state index is 13.1. The molecule has 24 heavy (non-hydrogen) atoms. The number of benzene rings is 1. The fraction of sp³-hybridized carbons (Fsp3) is 0.389. The SMILES string of the molecule is CNc1ccc([C@H]2CCCCN2S(=O)(=O)c2ccc(C)cc2)cn1. The van der Waals surface area contributed by atoms with E-state index in [1.807, 2.05) is 38.2 Å². The molecule has 0 bridgehead atoms. The van der Waals surface area contributed by atoms with E-state index in [2.05, 4.69) is 10.3 Å². The van der Waals surface area contributed by atoms with E-state index in [0.29, 0.717) is 11.4 Å². The van der Waals surface area contributed by atoms with Gasteiger partial charge in [-0.1, -0.05) is 30.2 Å². The Bertz CT molecular complexity index is 786. The number of pyridine rings is 1. The number of hydrogen-bond acceptors (Lipinski definition) is 4. The number of hydrogen-bond donors (Lipinski definition) is 1. The van der Waals surface area contributed by atoms with Gasteiger partial charge in [-0.15, -0.1) is 0 Å². The normalized spacial score (nSPS) is 19.2. The summed E-state index contributed by atoms with van der Waals surface area (Å²) < 4.78 is 27.8. The highest BCUT2D eigenvalue weighted by atomic mass is 32.2. The summed E-state index contributed by atoms with van der Waals surface area (Å²) in [6.07, 6.45) is 4.52. The van der Waals surface area contributed by atoms with Crippen LogP contribution in [0, 0.1) is 6.92 Å². The summed E-state index contributed by atoms with van der Waals surface area (Å²) >= 11 is 0. The minimum absolute atomic E-state index is 0.150. The molecular weight excluding hydrogens is 322 g/mol. The lowest BCUT2D eigenvalue weighted by molar-refractivity contribution is 0.255. The number of nitrogens with one attached hydrogen (secondary N) is 1. The molecule has 1 atom stereocenters. The Balaban J connectivity index is 1.95. The zero-order chi connectivity index (χ0) is 17.2. The lowest BCUT2D eigenvalue weighted by atomic mass is 9.99. The Morgan fingerprint density at radius 2 is 1.88 bits per heavy atom. The fourth-order valence-corrected chi connectivity index (χ4v) is 4.80. The Kier molecular flexibility index (Phi) is 4.87. The van der Waals surface area contributed by atoms with Gasteiger partial charge in [0.1, 0.15) is 5.82 Å². The number of aryl methyl sites for hydroxylation is 1. The summed E-state index contributed by atoms with van der Waals surface area (Å²) in [5, 5.41) is 2.99. The molecule has 128 valence electrons. The van der Waals surface area contributed by atoms with Crippen molar-refractivity contribution in [3.63, 3.8) is 0 Å². The van der Waals surface area contributed by atoms with Crippen LogP contribution in [0.5, 0.6) is 0 Å². The molecule has 2 aromatic rings. The van der Waals surface area contributed by atoms with Gasteiger partial charge in [-0.2, -0.15) is 4.31 Å². The summed E-state index contributed by atoms with van der Waals surface area (Å²) in [6, 6.07) is 10.8. The lowest BCUT2D eigenvalue weighted by Crippen LogP contribution is -2.38. The predicted octanol–water partition coefficient (Wildman–Crippen LogP) is 3.35. The van der Waals surface area contributed by atoms with Crippen LogP contribution in [0.4, 0.5) is 5.82 Å². The molecule has 1 aromatic heterocycles. The highest BCUT2D eigenvalue weighted by Gasteiger charge is 2.34. The fourth-order valence-electron chi connectivity index (χ4n) is 3.12. The van der Waals surface area contributed by atoms with E-state index < -0.39 is 10.0 Å².